The van der Waals surface area contributed by atoms with Crippen LogP contribution in [0.4, 0.5) is 0 Å². The Bertz CT molecular complexity index is 360. The maximum Gasteiger partial charge on any atom is 0.168 e. The standard InChI is InChI=1S/C11H14N2O2/c1-8-6-10(7-14)13-11(12-8)9-2-4-15-5-3-9/h6-7,9H,2-5H2,1H3. The molecular weight excluding hydrogens is 192 g/mol. The second-order valence-electron chi connectivity index (χ2n) is 3.80. The minimum atomic E-state index is 0.345. The first-order valence-electron chi connectivity index (χ1n) is 5.18. The molecule has 2 heterocycles. The third-order valence-corrected chi connectivity index (χ3v) is 2.60. The zero-order valence-electron chi connectivity index (χ0n) is 8.77. The summed E-state index contributed by atoms with van der Waals surface area (Å²) in [7, 11) is 0. The largest absolute Gasteiger partial charge is 0.381 e. The molecule has 1 aliphatic heterocycles. The molecule has 0 spiro atoms. The molecule has 0 amide bonds. The molecule has 0 radical (unpaired) electrons. The van der Waals surface area contributed by atoms with Crippen LogP contribution in [0.2, 0.25) is 0 Å². The highest BCUT2D eigenvalue weighted by molar-refractivity contribution is 5.71. The number of rotatable bonds is 2. The fraction of sp³-hybridized carbons (Fsp3) is 0.545. The van der Waals surface area contributed by atoms with Gasteiger partial charge in [-0.05, 0) is 25.8 Å². The highest BCUT2D eigenvalue weighted by Gasteiger charge is 2.19. The summed E-state index contributed by atoms with van der Waals surface area (Å²) in [6.45, 7) is 3.41. The van der Waals surface area contributed by atoms with Gasteiger partial charge in [-0.15, -0.1) is 0 Å². The molecule has 0 atom stereocenters. The predicted octanol–water partition coefficient (Wildman–Crippen LogP) is 1.49. The average molecular weight is 206 g/mol. The van der Waals surface area contributed by atoms with Gasteiger partial charge in [0.2, 0.25) is 0 Å². The van der Waals surface area contributed by atoms with Gasteiger partial charge in [-0.25, -0.2) is 9.97 Å². The molecule has 0 unspecified atom stereocenters. The van der Waals surface area contributed by atoms with E-state index in [0.29, 0.717) is 11.6 Å². The van der Waals surface area contributed by atoms with Crippen molar-refractivity contribution in [2.75, 3.05) is 13.2 Å². The van der Waals surface area contributed by atoms with Gasteiger partial charge in [0.1, 0.15) is 11.5 Å². The Labute approximate surface area is 88.7 Å². The van der Waals surface area contributed by atoms with Crippen LogP contribution in [-0.2, 0) is 4.74 Å². The fourth-order valence-electron chi connectivity index (χ4n) is 1.82. The van der Waals surface area contributed by atoms with Crippen molar-refractivity contribution in [3.63, 3.8) is 0 Å². The Kier molecular flexibility index (Phi) is 3.06. The summed E-state index contributed by atoms with van der Waals surface area (Å²) in [6.07, 6.45) is 2.67. The molecule has 1 aromatic heterocycles. The molecule has 15 heavy (non-hydrogen) atoms. The van der Waals surface area contributed by atoms with E-state index in [4.69, 9.17) is 4.74 Å². The molecule has 4 nitrogen and oxygen atoms in total. The predicted molar refractivity (Wildman–Crippen MR) is 55.0 cm³/mol. The normalized spacial score (nSPS) is 17.7. The average Bonchev–Trinajstić information content (AvgIpc) is 2.29. The molecule has 0 aromatic carbocycles. The molecule has 1 aliphatic rings. The molecule has 0 aliphatic carbocycles. The highest BCUT2D eigenvalue weighted by Crippen LogP contribution is 2.24. The van der Waals surface area contributed by atoms with Crippen molar-refractivity contribution in [1.82, 2.24) is 9.97 Å². The first-order valence-corrected chi connectivity index (χ1v) is 5.18. The Morgan fingerprint density at radius 3 is 2.80 bits per heavy atom. The first kappa shape index (κ1) is 10.2. The summed E-state index contributed by atoms with van der Waals surface area (Å²) in [5.74, 6) is 1.14. The Morgan fingerprint density at radius 2 is 2.13 bits per heavy atom. The van der Waals surface area contributed by atoms with Gasteiger partial charge >= 0.3 is 0 Å². The summed E-state index contributed by atoms with van der Waals surface area (Å²) >= 11 is 0. The number of aldehydes is 1. The molecule has 0 saturated carbocycles. The Balaban J connectivity index is 2.25. The van der Waals surface area contributed by atoms with E-state index in [0.717, 1.165) is 43.9 Å². The summed E-state index contributed by atoms with van der Waals surface area (Å²) in [5, 5.41) is 0. The zero-order valence-corrected chi connectivity index (χ0v) is 8.77. The minimum Gasteiger partial charge on any atom is -0.381 e. The van der Waals surface area contributed by atoms with Crippen LogP contribution in [0.3, 0.4) is 0 Å². The molecule has 4 heteroatoms. The van der Waals surface area contributed by atoms with Gasteiger partial charge in [-0.2, -0.15) is 0 Å². The van der Waals surface area contributed by atoms with E-state index >= 15 is 0 Å². The van der Waals surface area contributed by atoms with Gasteiger partial charge in [0.05, 0.1) is 0 Å². The molecular formula is C11H14N2O2. The Morgan fingerprint density at radius 1 is 1.40 bits per heavy atom. The second kappa shape index (κ2) is 4.49. The van der Waals surface area contributed by atoms with Crippen molar-refractivity contribution in [1.29, 1.82) is 0 Å². The smallest absolute Gasteiger partial charge is 0.168 e. The third-order valence-electron chi connectivity index (χ3n) is 2.60. The number of aromatic nitrogens is 2. The number of aryl methyl sites for hydroxylation is 1. The lowest BCUT2D eigenvalue weighted by molar-refractivity contribution is 0.0835. The topological polar surface area (TPSA) is 52.1 Å². The summed E-state index contributed by atoms with van der Waals surface area (Å²) in [4.78, 5) is 19.3. The van der Waals surface area contributed by atoms with E-state index in [1.807, 2.05) is 6.92 Å². The van der Waals surface area contributed by atoms with Crippen molar-refractivity contribution < 1.29 is 9.53 Å². The van der Waals surface area contributed by atoms with Crippen molar-refractivity contribution in [3.05, 3.63) is 23.3 Å². The van der Waals surface area contributed by atoms with Crippen molar-refractivity contribution in [2.45, 2.75) is 25.7 Å². The second-order valence-corrected chi connectivity index (χ2v) is 3.80. The molecule has 80 valence electrons. The van der Waals surface area contributed by atoms with Crippen LogP contribution in [0.1, 0.15) is 40.8 Å². The third kappa shape index (κ3) is 2.39. The number of ether oxygens (including phenoxy) is 1. The van der Waals surface area contributed by atoms with E-state index in [9.17, 15) is 4.79 Å². The maximum atomic E-state index is 10.7. The SMILES string of the molecule is Cc1cc(C=O)nc(C2CCOCC2)n1. The molecule has 1 fully saturated rings. The lowest BCUT2D eigenvalue weighted by Crippen LogP contribution is -2.17. The quantitative estimate of drug-likeness (QED) is 0.688. The maximum absolute atomic E-state index is 10.7. The molecule has 1 saturated heterocycles. The number of hydrogen-bond donors (Lipinski definition) is 0. The number of hydrogen-bond acceptors (Lipinski definition) is 4. The summed E-state index contributed by atoms with van der Waals surface area (Å²) < 4.78 is 5.28. The van der Waals surface area contributed by atoms with E-state index in [1.165, 1.54) is 0 Å². The van der Waals surface area contributed by atoms with E-state index in [2.05, 4.69) is 9.97 Å². The van der Waals surface area contributed by atoms with Crippen molar-refractivity contribution >= 4 is 6.29 Å². The zero-order chi connectivity index (χ0) is 10.7. The van der Waals surface area contributed by atoms with Gasteiger partial charge < -0.3 is 4.74 Å². The van der Waals surface area contributed by atoms with Gasteiger partial charge in [0.15, 0.2) is 6.29 Å². The monoisotopic (exact) mass is 206 g/mol. The van der Waals surface area contributed by atoms with Crippen LogP contribution in [0.15, 0.2) is 6.07 Å². The van der Waals surface area contributed by atoms with Gasteiger partial charge in [-0.3, -0.25) is 4.79 Å². The van der Waals surface area contributed by atoms with Crippen LogP contribution >= 0.6 is 0 Å². The van der Waals surface area contributed by atoms with E-state index < -0.39 is 0 Å². The lowest BCUT2D eigenvalue weighted by Gasteiger charge is -2.20. The van der Waals surface area contributed by atoms with Crippen molar-refractivity contribution in [3.8, 4) is 0 Å². The van der Waals surface area contributed by atoms with Crippen molar-refractivity contribution in [2.24, 2.45) is 0 Å². The van der Waals surface area contributed by atoms with Gasteiger partial charge in [-0.1, -0.05) is 0 Å². The van der Waals surface area contributed by atoms with E-state index in [1.54, 1.807) is 6.07 Å². The van der Waals surface area contributed by atoms with Gasteiger partial charge in [0, 0.05) is 24.8 Å². The Hall–Kier alpha value is -1.29. The number of nitrogens with zero attached hydrogens (tertiary/aromatic N) is 2. The van der Waals surface area contributed by atoms with Gasteiger partial charge in [0.25, 0.3) is 0 Å². The summed E-state index contributed by atoms with van der Waals surface area (Å²) in [5.41, 5.74) is 1.33. The number of carbonyl (C=O) groups is 1. The molecule has 0 N–H and O–H groups in total. The summed E-state index contributed by atoms with van der Waals surface area (Å²) in [6, 6.07) is 1.70. The molecule has 1 aromatic rings. The molecule has 0 bridgehead atoms. The van der Waals surface area contributed by atoms with Crippen LogP contribution in [0, 0.1) is 6.92 Å². The fourth-order valence-corrected chi connectivity index (χ4v) is 1.82. The molecule has 2 rings (SSSR count). The van der Waals surface area contributed by atoms with Crippen LogP contribution in [0.5, 0.6) is 0 Å². The van der Waals surface area contributed by atoms with Crippen LogP contribution < -0.4 is 0 Å². The highest BCUT2D eigenvalue weighted by atomic mass is 16.5. The van der Waals surface area contributed by atoms with E-state index in [-0.39, 0.29) is 0 Å². The van der Waals surface area contributed by atoms with Crippen LogP contribution in [0.25, 0.3) is 0 Å². The lowest BCUT2D eigenvalue weighted by atomic mass is 9.99. The first-order chi connectivity index (χ1) is 7.29. The minimum absolute atomic E-state index is 0.345. The van der Waals surface area contributed by atoms with Crippen LogP contribution in [-0.4, -0.2) is 29.5 Å². The number of carbonyl (C=O) groups excluding carboxylic acids is 1.